The Morgan fingerprint density at radius 2 is 2.39 bits per heavy atom. The van der Waals surface area contributed by atoms with Crippen LogP contribution in [0.4, 0.5) is 0 Å². The minimum atomic E-state index is -0.0334. The Hall–Kier alpha value is -1.64. The highest BCUT2D eigenvalue weighted by molar-refractivity contribution is 7.99. The van der Waals surface area contributed by atoms with Crippen LogP contribution in [0.5, 0.6) is 0 Å². The molecule has 0 spiro atoms. The van der Waals surface area contributed by atoms with Crippen LogP contribution >= 0.6 is 23.1 Å². The molecule has 1 unspecified atom stereocenters. The van der Waals surface area contributed by atoms with Gasteiger partial charge >= 0.3 is 0 Å². The third-order valence-electron chi connectivity index (χ3n) is 4.97. The van der Waals surface area contributed by atoms with E-state index in [0.717, 1.165) is 28.2 Å². The minimum absolute atomic E-state index is 0.0334. The predicted octanol–water partition coefficient (Wildman–Crippen LogP) is 3.56. The standard InChI is InChI=1S/C20H28N4O2S2/c1-4-9-24-19(17-12-15-11-14(5-2)6-7-16(15)28-17)22-23-20(24)27-13-18(25)21-8-10-26-3/h4,12,14H,1,5-11,13H2,2-3H3,(H,21,25). The summed E-state index contributed by atoms with van der Waals surface area (Å²) in [6.07, 6.45) is 6.70. The normalized spacial score (nSPS) is 16.0. The number of nitrogens with zero attached hydrogens (tertiary/aromatic N) is 3. The number of carbonyl (C=O) groups excluding carboxylic acids is 1. The van der Waals surface area contributed by atoms with Crippen molar-refractivity contribution in [1.29, 1.82) is 0 Å². The number of allylic oxidation sites excluding steroid dienone is 1. The molecule has 1 aliphatic rings. The molecule has 0 aliphatic heterocycles. The third-order valence-corrected chi connectivity index (χ3v) is 7.17. The Labute approximate surface area is 174 Å². The van der Waals surface area contributed by atoms with Crippen LogP contribution in [0, 0.1) is 5.92 Å². The second-order valence-corrected chi connectivity index (χ2v) is 8.99. The largest absolute Gasteiger partial charge is 0.383 e. The minimum Gasteiger partial charge on any atom is -0.383 e. The van der Waals surface area contributed by atoms with Crippen LogP contribution in [-0.4, -0.2) is 46.7 Å². The Morgan fingerprint density at radius 3 is 3.14 bits per heavy atom. The van der Waals surface area contributed by atoms with E-state index in [2.05, 4.69) is 39.7 Å². The molecule has 0 fully saturated rings. The summed E-state index contributed by atoms with van der Waals surface area (Å²) in [4.78, 5) is 14.6. The average Bonchev–Trinajstić information content (AvgIpc) is 3.30. The molecule has 0 radical (unpaired) electrons. The number of thioether (sulfide) groups is 1. The van der Waals surface area contributed by atoms with E-state index in [0.29, 0.717) is 25.4 Å². The Balaban J connectivity index is 1.73. The maximum absolute atomic E-state index is 12.0. The molecule has 0 saturated carbocycles. The van der Waals surface area contributed by atoms with Crippen molar-refractivity contribution in [3.05, 3.63) is 29.2 Å². The Kier molecular flexibility index (Phi) is 7.70. The van der Waals surface area contributed by atoms with Gasteiger partial charge in [-0.15, -0.1) is 28.1 Å². The first-order valence-electron chi connectivity index (χ1n) is 9.70. The molecule has 1 amide bonds. The number of rotatable bonds is 10. The Bertz CT molecular complexity index is 815. The SMILES string of the molecule is C=CCn1c(SCC(=O)NCCOC)nnc1-c1cc2c(s1)CCC(CC)C2. The number of hydrogen-bond donors (Lipinski definition) is 1. The topological polar surface area (TPSA) is 69.0 Å². The molecule has 1 atom stereocenters. The van der Waals surface area contributed by atoms with E-state index >= 15 is 0 Å². The summed E-state index contributed by atoms with van der Waals surface area (Å²) >= 11 is 3.23. The van der Waals surface area contributed by atoms with Gasteiger partial charge in [0.25, 0.3) is 0 Å². The number of nitrogens with one attached hydrogen (secondary N) is 1. The number of thiophene rings is 1. The number of methoxy groups -OCH3 is 1. The van der Waals surface area contributed by atoms with Gasteiger partial charge in [-0.25, -0.2) is 0 Å². The molecular formula is C20H28N4O2S2. The second-order valence-electron chi connectivity index (χ2n) is 6.91. The fourth-order valence-corrected chi connectivity index (χ4v) is 5.38. The van der Waals surface area contributed by atoms with Gasteiger partial charge in [0.05, 0.1) is 17.2 Å². The molecule has 2 heterocycles. The number of amides is 1. The lowest BCUT2D eigenvalue weighted by atomic mass is 9.87. The zero-order valence-corrected chi connectivity index (χ0v) is 18.2. The van der Waals surface area contributed by atoms with Crippen LogP contribution in [0.25, 0.3) is 10.7 Å². The molecule has 8 heteroatoms. The molecule has 0 aromatic carbocycles. The van der Waals surface area contributed by atoms with Crippen molar-refractivity contribution in [3.8, 4) is 10.7 Å². The van der Waals surface area contributed by atoms with Crippen LogP contribution in [-0.2, 0) is 28.9 Å². The van der Waals surface area contributed by atoms with Crippen LogP contribution in [0.2, 0.25) is 0 Å². The number of aryl methyl sites for hydroxylation is 1. The highest BCUT2D eigenvalue weighted by atomic mass is 32.2. The van der Waals surface area contributed by atoms with Gasteiger partial charge in [-0.3, -0.25) is 9.36 Å². The first-order chi connectivity index (χ1) is 13.7. The summed E-state index contributed by atoms with van der Waals surface area (Å²) in [7, 11) is 1.62. The van der Waals surface area contributed by atoms with E-state index in [1.165, 1.54) is 41.5 Å². The first kappa shape index (κ1) is 21.1. The summed E-state index contributed by atoms with van der Waals surface area (Å²) in [6.45, 7) is 7.79. The van der Waals surface area contributed by atoms with Crippen molar-refractivity contribution < 1.29 is 9.53 Å². The van der Waals surface area contributed by atoms with E-state index in [-0.39, 0.29) is 5.91 Å². The molecular weight excluding hydrogens is 392 g/mol. The van der Waals surface area contributed by atoms with E-state index in [1.54, 1.807) is 7.11 Å². The summed E-state index contributed by atoms with van der Waals surface area (Å²) in [5.41, 5.74) is 1.47. The van der Waals surface area contributed by atoms with Gasteiger partial charge in [0.2, 0.25) is 5.91 Å². The van der Waals surface area contributed by atoms with Gasteiger partial charge in [-0.05, 0) is 36.8 Å². The van der Waals surface area contributed by atoms with Gasteiger partial charge in [0.1, 0.15) is 0 Å². The Morgan fingerprint density at radius 1 is 1.54 bits per heavy atom. The van der Waals surface area contributed by atoms with Crippen LogP contribution < -0.4 is 5.32 Å². The number of aromatic nitrogens is 3. The lowest BCUT2D eigenvalue weighted by Gasteiger charge is -2.19. The quantitative estimate of drug-likeness (QED) is 0.362. The summed E-state index contributed by atoms with van der Waals surface area (Å²) in [6, 6.07) is 2.29. The number of carbonyl (C=O) groups is 1. The summed E-state index contributed by atoms with van der Waals surface area (Å²) in [5, 5.41) is 12.4. The van der Waals surface area contributed by atoms with Gasteiger partial charge in [0, 0.05) is 25.1 Å². The van der Waals surface area contributed by atoms with E-state index < -0.39 is 0 Å². The molecule has 3 rings (SSSR count). The van der Waals surface area contributed by atoms with Gasteiger partial charge in [-0.1, -0.05) is 31.2 Å². The van der Waals surface area contributed by atoms with Gasteiger partial charge in [0.15, 0.2) is 11.0 Å². The zero-order chi connectivity index (χ0) is 19.9. The van der Waals surface area contributed by atoms with Crippen molar-refractivity contribution in [2.24, 2.45) is 5.92 Å². The molecule has 2 aromatic heterocycles. The maximum Gasteiger partial charge on any atom is 0.230 e. The van der Waals surface area contributed by atoms with Gasteiger partial charge < -0.3 is 10.1 Å². The second kappa shape index (κ2) is 10.2. The van der Waals surface area contributed by atoms with Crippen LogP contribution in [0.15, 0.2) is 23.9 Å². The molecule has 0 saturated heterocycles. The van der Waals surface area contributed by atoms with E-state index in [4.69, 9.17) is 4.74 Å². The molecule has 2 aromatic rings. The number of ether oxygens (including phenoxy) is 1. The molecule has 1 N–H and O–H groups in total. The average molecular weight is 421 g/mol. The highest BCUT2D eigenvalue weighted by Gasteiger charge is 2.23. The number of hydrogen-bond acceptors (Lipinski definition) is 6. The lowest BCUT2D eigenvalue weighted by molar-refractivity contribution is -0.118. The monoisotopic (exact) mass is 420 g/mol. The summed E-state index contributed by atoms with van der Waals surface area (Å²) < 4.78 is 7.00. The molecule has 6 nitrogen and oxygen atoms in total. The predicted molar refractivity (Wildman–Crippen MR) is 115 cm³/mol. The third kappa shape index (κ3) is 5.04. The summed E-state index contributed by atoms with van der Waals surface area (Å²) in [5.74, 6) is 1.94. The van der Waals surface area contributed by atoms with E-state index in [9.17, 15) is 4.79 Å². The van der Waals surface area contributed by atoms with Crippen LogP contribution in [0.3, 0.4) is 0 Å². The smallest absolute Gasteiger partial charge is 0.230 e. The maximum atomic E-state index is 12.0. The lowest BCUT2D eigenvalue weighted by Crippen LogP contribution is -2.28. The molecule has 152 valence electrons. The van der Waals surface area contributed by atoms with Crippen molar-refractivity contribution in [1.82, 2.24) is 20.1 Å². The van der Waals surface area contributed by atoms with Crippen LogP contribution in [0.1, 0.15) is 30.2 Å². The zero-order valence-electron chi connectivity index (χ0n) is 16.6. The van der Waals surface area contributed by atoms with Crippen molar-refractivity contribution in [2.75, 3.05) is 26.0 Å². The molecule has 1 aliphatic carbocycles. The fraction of sp³-hybridized carbons (Fsp3) is 0.550. The van der Waals surface area contributed by atoms with Crippen molar-refractivity contribution in [2.45, 2.75) is 44.3 Å². The number of fused-ring (bicyclic) bond motifs is 1. The van der Waals surface area contributed by atoms with Crippen molar-refractivity contribution >= 4 is 29.0 Å². The molecule has 0 bridgehead atoms. The van der Waals surface area contributed by atoms with Crippen molar-refractivity contribution in [3.63, 3.8) is 0 Å². The fourth-order valence-electron chi connectivity index (χ4n) is 3.40. The van der Waals surface area contributed by atoms with Gasteiger partial charge in [-0.2, -0.15) is 0 Å². The first-order valence-corrected chi connectivity index (χ1v) is 11.5. The van der Waals surface area contributed by atoms with E-state index in [1.807, 2.05) is 17.4 Å². The highest BCUT2D eigenvalue weighted by Crippen LogP contribution is 2.38. The molecule has 28 heavy (non-hydrogen) atoms.